The monoisotopic (exact) mass is 222 g/mol. The number of benzene rings is 1. The summed E-state index contributed by atoms with van der Waals surface area (Å²) in [7, 11) is 3.38. The Balaban J connectivity index is 2.47. The van der Waals surface area contributed by atoms with Gasteiger partial charge in [-0.25, -0.2) is 0 Å². The van der Waals surface area contributed by atoms with Crippen molar-refractivity contribution >= 4 is 5.91 Å². The van der Waals surface area contributed by atoms with E-state index in [2.05, 4.69) is 10.6 Å². The van der Waals surface area contributed by atoms with Gasteiger partial charge in [0, 0.05) is 13.7 Å². The summed E-state index contributed by atoms with van der Waals surface area (Å²) in [5.41, 5.74) is 1.06. The highest BCUT2D eigenvalue weighted by molar-refractivity contribution is 5.77. The number of hydrogen-bond acceptors (Lipinski definition) is 3. The Labute approximate surface area is 96.0 Å². The lowest BCUT2D eigenvalue weighted by atomic mass is 10.1. The van der Waals surface area contributed by atoms with Crippen molar-refractivity contribution < 1.29 is 9.53 Å². The minimum atomic E-state index is -0.0954. The first kappa shape index (κ1) is 12.7. The maximum absolute atomic E-state index is 11.3. The Morgan fingerprint density at radius 2 is 2.06 bits per heavy atom. The third-order valence-electron chi connectivity index (χ3n) is 2.28. The van der Waals surface area contributed by atoms with Crippen molar-refractivity contribution in [1.82, 2.24) is 10.6 Å². The molecule has 1 unspecified atom stereocenters. The smallest absolute Gasteiger partial charge is 0.234 e. The van der Waals surface area contributed by atoms with Crippen molar-refractivity contribution in [3.05, 3.63) is 35.9 Å². The van der Waals surface area contributed by atoms with E-state index in [0.29, 0.717) is 13.1 Å². The molecule has 0 aliphatic carbocycles. The average Bonchev–Trinajstić information content (AvgIpc) is 2.31. The quantitative estimate of drug-likeness (QED) is 0.745. The minimum Gasteiger partial charge on any atom is -0.375 e. The molecule has 0 aromatic heterocycles. The van der Waals surface area contributed by atoms with Crippen molar-refractivity contribution in [1.29, 1.82) is 0 Å². The second-order valence-electron chi connectivity index (χ2n) is 3.47. The zero-order valence-corrected chi connectivity index (χ0v) is 9.69. The van der Waals surface area contributed by atoms with Gasteiger partial charge in [0.05, 0.1) is 12.6 Å². The highest BCUT2D eigenvalue weighted by Gasteiger charge is 2.10. The third kappa shape index (κ3) is 4.00. The van der Waals surface area contributed by atoms with Crippen LogP contribution >= 0.6 is 0 Å². The van der Waals surface area contributed by atoms with Gasteiger partial charge < -0.3 is 15.4 Å². The lowest BCUT2D eigenvalue weighted by Gasteiger charge is -2.16. The Morgan fingerprint density at radius 1 is 1.38 bits per heavy atom. The molecule has 1 aromatic carbocycles. The molecule has 16 heavy (non-hydrogen) atoms. The molecule has 0 heterocycles. The van der Waals surface area contributed by atoms with Crippen molar-refractivity contribution in [3.8, 4) is 0 Å². The van der Waals surface area contributed by atoms with Gasteiger partial charge in [0.1, 0.15) is 0 Å². The fraction of sp³-hybridized carbons (Fsp3) is 0.417. The van der Waals surface area contributed by atoms with Crippen molar-refractivity contribution in [3.63, 3.8) is 0 Å². The number of ether oxygens (including phenoxy) is 1. The van der Waals surface area contributed by atoms with Gasteiger partial charge in [-0.15, -0.1) is 0 Å². The van der Waals surface area contributed by atoms with E-state index in [9.17, 15) is 4.79 Å². The fourth-order valence-corrected chi connectivity index (χ4v) is 1.43. The molecule has 1 amide bonds. The Bertz CT molecular complexity index is 314. The summed E-state index contributed by atoms with van der Waals surface area (Å²) in [5.74, 6) is -0.0273. The van der Waals surface area contributed by atoms with Gasteiger partial charge in [0.25, 0.3) is 0 Å². The van der Waals surface area contributed by atoms with Gasteiger partial charge in [-0.2, -0.15) is 0 Å². The van der Waals surface area contributed by atoms with Crippen molar-refractivity contribution in [2.24, 2.45) is 0 Å². The fourth-order valence-electron chi connectivity index (χ4n) is 1.43. The van der Waals surface area contributed by atoms with Gasteiger partial charge in [-0.05, 0) is 12.6 Å². The Hall–Kier alpha value is -1.39. The van der Waals surface area contributed by atoms with E-state index in [4.69, 9.17) is 4.74 Å². The van der Waals surface area contributed by atoms with Gasteiger partial charge in [-0.1, -0.05) is 30.3 Å². The normalized spacial score (nSPS) is 12.1. The molecule has 4 heteroatoms. The van der Waals surface area contributed by atoms with Crippen LogP contribution in [0.5, 0.6) is 0 Å². The van der Waals surface area contributed by atoms with Crippen LogP contribution in [0.1, 0.15) is 11.7 Å². The van der Waals surface area contributed by atoms with Crippen LogP contribution < -0.4 is 10.6 Å². The standard InChI is InChI=1S/C12H18N2O2/c1-13-9-12(15)14-8-11(16-2)10-6-4-3-5-7-10/h3-7,11,13H,8-9H2,1-2H3,(H,14,15). The van der Waals surface area contributed by atoms with E-state index in [1.807, 2.05) is 30.3 Å². The molecule has 0 saturated heterocycles. The molecule has 0 bridgehead atoms. The third-order valence-corrected chi connectivity index (χ3v) is 2.28. The summed E-state index contributed by atoms with van der Waals surface area (Å²) in [6.45, 7) is 0.812. The molecule has 88 valence electrons. The van der Waals surface area contributed by atoms with Crippen LogP contribution in [-0.4, -0.2) is 33.2 Å². The van der Waals surface area contributed by atoms with E-state index in [1.165, 1.54) is 0 Å². The molecule has 0 radical (unpaired) electrons. The SMILES string of the molecule is CNCC(=O)NCC(OC)c1ccccc1. The number of carbonyl (C=O) groups excluding carboxylic acids is 1. The van der Waals surface area contributed by atoms with E-state index >= 15 is 0 Å². The first-order valence-corrected chi connectivity index (χ1v) is 5.27. The molecule has 1 aromatic rings. The zero-order valence-electron chi connectivity index (χ0n) is 9.69. The Morgan fingerprint density at radius 3 is 2.62 bits per heavy atom. The summed E-state index contributed by atoms with van der Waals surface area (Å²) in [6, 6.07) is 9.83. The molecule has 1 rings (SSSR count). The number of hydrogen-bond donors (Lipinski definition) is 2. The second kappa shape index (κ2) is 6.98. The van der Waals surface area contributed by atoms with Gasteiger partial charge >= 0.3 is 0 Å². The molecule has 0 aliphatic rings. The van der Waals surface area contributed by atoms with E-state index in [1.54, 1.807) is 14.2 Å². The topological polar surface area (TPSA) is 50.4 Å². The molecular formula is C12H18N2O2. The molecule has 1 atom stereocenters. The first-order valence-electron chi connectivity index (χ1n) is 5.27. The summed E-state index contributed by atoms with van der Waals surface area (Å²) in [6.07, 6.45) is -0.0954. The highest BCUT2D eigenvalue weighted by atomic mass is 16.5. The first-order chi connectivity index (χ1) is 7.77. The number of methoxy groups -OCH3 is 1. The second-order valence-corrected chi connectivity index (χ2v) is 3.47. The number of likely N-dealkylation sites (N-methyl/N-ethyl adjacent to an activating group) is 1. The molecule has 2 N–H and O–H groups in total. The van der Waals surface area contributed by atoms with Crippen LogP contribution in [0.2, 0.25) is 0 Å². The molecule has 4 nitrogen and oxygen atoms in total. The van der Waals surface area contributed by atoms with Crippen molar-refractivity contribution in [2.45, 2.75) is 6.10 Å². The zero-order chi connectivity index (χ0) is 11.8. The predicted octanol–water partition coefficient (Wildman–Crippen LogP) is 0.710. The van der Waals surface area contributed by atoms with Crippen LogP contribution in [0.25, 0.3) is 0 Å². The maximum Gasteiger partial charge on any atom is 0.234 e. The van der Waals surface area contributed by atoms with Crippen LogP contribution in [0, 0.1) is 0 Å². The number of rotatable bonds is 6. The molecule has 0 fully saturated rings. The lowest BCUT2D eigenvalue weighted by Crippen LogP contribution is -2.35. The number of amides is 1. The summed E-state index contributed by atoms with van der Waals surface area (Å²) in [5, 5.41) is 5.60. The van der Waals surface area contributed by atoms with Gasteiger partial charge in [0.15, 0.2) is 0 Å². The summed E-state index contributed by atoms with van der Waals surface area (Å²) >= 11 is 0. The van der Waals surface area contributed by atoms with Crippen LogP contribution in [0.15, 0.2) is 30.3 Å². The lowest BCUT2D eigenvalue weighted by molar-refractivity contribution is -0.120. The Kier molecular flexibility index (Phi) is 5.53. The van der Waals surface area contributed by atoms with Gasteiger partial charge in [0.2, 0.25) is 5.91 Å². The number of nitrogens with one attached hydrogen (secondary N) is 2. The summed E-state index contributed by atoms with van der Waals surface area (Å²) in [4.78, 5) is 11.3. The van der Waals surface area contributed by atoms with Gasteiger partial charge in [-0.3, -0.25) is 4.79 Å². The van der Waals surface area contributed by atoms with Crippen molar-refractivity contribution in [2.75, 3.05) is 27.2 Å². The molecule has 0 saturated carbocycles. The van der Waals surface area contributed by atoms with E-state index in [-0.39, 0.29) is 12.0 Å². The molecule has 0 spiro atoms. The van der Waals surface area contributed by atoms with Crippen LogP contribution in [0.3, 0.4) is 0 Å². The summed E-state index contributed by atoms with van der Waals surface area (Å²) < 4.78 is 5.33. The van der Waals surface area contributed by atoms with E-state index < -0.39 is 0 Å². The predicted molar refractivity (Wildman–Crippen MR) is 63.1 cm³/mol. The minimum absolute atomic E-state index is 0.0273. The van der Waals surface area contributed by atoms with E-state index in [0.717, 1.165) is 5.56 Å². The van der Waals surface area contributed by atoms with Crippen LogP contribution in [0.4, 0.5) is 0 Å². The van der Waals surface area contributed by atoms with Crippen LogP contribution in [-0.2, 0) is 9.53 Å². The average molecular weight is 222 g/mol. The molecule has 0 aliphatic heterocycles. The maximum atomic E-state index is 11.3. The highest BCUT2D eigenvalue weighted by Crippen LogP contribution is 2.14. The molecular weight excluding hydrogens is 204 g/mol. The largest absolute Gasteiger partial charge is 0.375 e. The number of carbonyl (C=O) groups is 1.